The van der Waals surface area contributed by atoms with Gasteiger partial charge in [-0.1, -0.05) is 45.0 Å². The highest BCUT2D eigenvalue weighted by Crippen LogP contribution is 2.48. The largest absolute Gasteiger partial charge is 0.369 e. The van der Waals surface area contributed by atoms with Gasteiger partial charge >= 0.3 is 6.03 Å². The summed E-state index contributed by atoms with van der Waals surface area (Å²) in [6, 6.07) is 12.9. The first-order valence-corrected chi connectivity index (χ1v) is 18.0. The molecule has 2 atom stereocenters. The number of hydrogen-bond donors (Lipinski definition) is 1. The number of likely N-dealkylation sites (N-methyl/N-ethyl adjacent to an activating group) is 1. The number of carbonyl (C=O) groups is 3. The van der Waals surface area contributed by atoms with Crippen LogP contribution in [0.15, 0.2) is 42.5 Å². The van der Waals surface area contributed by atoms with Gasteiger partial charge in [-0.25, -0.2) is 9.18 Å². The first kappa shape index (κ1) is 33.6. The molecule has 0 bridgehead atoms. The zero-order chi connectivity index (χ0) is 33.3. The van der Waals surface area contributed by atoms with Crippen molar-refractivity contribution in [3.05, 3.63) is 59.4 Å². The van der Waals surface area contributed by atoms with Gasteiger partial charge in [0.25, 0.3) is 0 Å². The number of para-hydroxylation sites is 1. The van der Waals surface area contributed by atoms with Gasteiger partial charge in [-0.3, -0.25) is 9.59 Å². The van der Waals surface area contributed by atoms with Crippen molar-refractivity contribution in [2.75, 3.05) is 69.6 Å². The number of piperidine rings is 1. The second kappa shape index (κ2) is 14.0. The van der Waals surface area contributed by atoms with E-state index in [4.69, 9.17) is 0 Å². The van der Waals surface area contributed by atoms with E-state index in [2.05, 4.69) is 49.0 Å². The lowest BCUT2D eigenvalue weighted by Crippen LogP contribution is -2.50. The summed E-state index contributed by atoms with van der Waals surface area (Å²) in [6.07, 6.45) is 3.19. The molecule has 0 saturated carbocycles. The van der Waals surface area contributed by atoms with Crippen molar-refractivity contribution < 1.29 is 20.2 Å². The van der Waals surface area contributed by atoms with Crippen molar-refractivity contribution >= 4 is 41.0 Å². The minimum Gasteiger partial charge on any atom is -0.369 e. The van der Waals surface area contributed by atoms with Crippen LogP contribution in [0, 0.1) is 11.2 Å². The van der Waals surface area contributed by atoms with E-state index < -0.39 is 5.25 Å². The van der Waals surface area contributed by atoms with Crippen LogP contribution in [0.25, 0.3) is 0 Å². The molecule has 256 valence electrons. The van der Waals surface area contributed by atoms with Gasteiger partial charge in [-0.2, -0.15) is 0 Å². The minimum absolute atomic E-state index is 0. The maximum atomic E-state index is 14.6. The fourth-order valence-electron chi connectivity index (χ4n) is 7.15. The normalized spacial score (nSPS) is 23.2. The van der Waals surface area contributed by atoms with Crippen LogP contribution >= 0.6 is 11.8 Å². The van der Waals surface area contributed by atoms with Gasteiger partial charge in [0, 0.05) is 83.2 Å². The SMILES string of the molecule is CN1CCN(c2cc(F)ccc2C2SC(CC(=O)N3CCC(N4CCc5ccccc5NC4=O)CC3)C(=O)N2CCC(C)(C)C)CC1.[HH]. The maximum absolute atomic E-state index is 14.6. The predicted molar refractivity (Wildman–Crippen MR) is 188 cm³/mol. The predicted octanol–water partition coefficient (Wildman–Crippen LogP) is 5.67. The number of benzene rings is 2. The van der Waals surface area contributed by atoms with Crippen molar-refractivity contribution in [1.29, 1.82) is 0 Å². The average molecular weight is 667 g/mol. The molecule has 0 radical (unpaired) electrons. The van der Waals surface area contributed by atoms with Crippen LogP contribution in [-0.2, 0) is 16.0 Å². The third kappa shape index (κ3) is 7.72. The maximum Gasteiger partial charge on any atom is 0.322 e. The molecule has 3 fully saturated rings. The van der Waals surface area contributed by atoms with E-state index in [0.29, 0.717) is 39.0 Å². The highest BCUT2D eigenvalue weighted by molar-refractivity contribution is 8.01. The van der Waals surface area contributed by atoms with Gasteiger partial charge in [-0.05, 0) is 61.9 Å². The first-order chi connectivity index (χ1) is 22.5. The van der Waals surface area contributed by atoms with E-state index in [9.17, 15) is 18.8 Å². The van der Waals surface area contributed by atoms with E-state index in [0.717, 1.165) is 61.5 Å². The van der Waals surface area contributed by atoms with E-state index in [1.165, 1.54) is 17.8 Å². The quantitative estimate of drug-likeness (QED) is 0.410. The van der Waals surface area contributed by atoms with Crippen LogP contribution in [0.5, 0.6) is 0 Å². The summed E-state index contributed by atoms with van der Waals surface area (Å²) in [5, 5.41) is 2.29. The lowest BCUT2D eigenvalue weighted by atomic mass is 9.92. The van der Waals surface area contributed by atoms with Gasteiger partial charge < -0.3 is 29.8 Å². The van der Waals surface area contributed by atoms with Crippen LogP contribution in [-0.4, -0.2) is 108 Å². The van der Waals surface area contributed by atoms with E-state index >= 15 is 0 Å². The zero-order valence-corrected chi connectivity index (χ0v) is 29.0. The zero-order valence-electron chi connectivity index (χ0n) is 28.2. The van der Waals surface area contributed by atoms with Gasteiger partial charge in [0.1, 0.15) is 11.2 Å². The molecule has 6 rings (SSSR count). The summed E-state index contributed by atoms with van der Waals surface area (Å²) in [4.78, 5) is 51.0. The number of piperazine rings is 1. The Balaban J connectivity index is 0.00000451. The Bertz CT molecular complexity index is 1470. The number of nitrogens with one attached hydrogen (secondary N) is 1. The molecule has 0 aliphatic carbocycles. The lowest BCUT2D eigenvalue weighted by molar-refractivity contribution is -0.137. The summed E-state index contributed by atoms with van der Waals surface area (Å²) in [5.74, 6) is -0.311. The number of urea groups is 1. The average Bonchev–Trinajstić information content (AvgIpc) is 3.23. The highest BCUT2D eigenvalue weighted by atomic mass is 32.2. The Morgan fingerprint density at radius 1 is 1.00 bits per heavy atom. The molecule has 4 heterocycles. The summed E-state index contributed by atoms with van der Waals surface area (Å²) < 4.78 is 14.6. The van der Waals surface area contributed by atoms with Crippen molar-refractivity contribution in [1.82, 2.24) is 19.6 Å². The molecule has 2 aromatic rings. The third-order valence-electron chi connectivity index (χ3n) is 10.1. The Kier molecular flexibility index (Phi) is 10.0. The molecule has 9 nitrogen and oxygen atoms in total. The summed E-state index contributed by atoms with van der Waals surface area (Å²) in [7, 11) is 2.10. The van der Waals surface area contributed by atoms with E-state index in [1.54, 1.807) is 6.07 Å². The molecule has 3 saturated heterocycles. The number of anilines is 2. The van der Waals surface area contributed by atoms with Crippen LogP contribution in [0.4, 0.5) is 20.6 Å². The van der Waals surface area contributed by atoms with Crippen molar-refractivity contribution in [2.45, 2.75) is 69.5 Å². The van der Waals surface area contributed by atoms with Gasteiger partial charge in [0.2, 0.25) is 11.8 Å². The van der Waals surface area contributed by atoms with E-state index in [-0.39, 0.29) is 48.3 Å². The van der Waals surface area contributed by atoms with Crippen LogP contribution in [0.2, 0.25) is 0 Å². The van der Waals surface area contributed by atoms with Crippen molar-refractivity contribution in [3.8, 4) is 0 Å². The summed E-state index contributed by atoms with van der Waals surface area (Å²) in [5.41, 5.74) is 3.83. The third-order valence-corrected chi connectivity index (χ3v) is 11.6. The fraction of sp³-hybridized carbons (Fsp3) is 0.583. The van der Waals surface area contributed by atoms with Gasteiger partial charge in [-0.15, -0.1) is 11.8 Å². The Morgan fingerprint density at radius 2 is 1.72 bits per heavy atom. The number of amides is 4. The number of hydrogen-bond acceptors (Lipinski definition) is 6. The molecule has 4 aliphatic heterocycles. The molecule has 4 aliphatic rings. The number of rotatable bonds is 7. The number of thioether (sulfide) groups is 1. The molecular formula is C36H51FN6O3S. The summed E-state index contributed by atoms with van der Waals surface area (Å²) in [6.45, 7) is 12.2. The first-order valence-electron chi connectivity index (χ1n) is 17.1. The van der Waals surface area contributed by atoms with Crippen LogP contribution in [0.1, 0.15) is 64.4 Å². The Hall–Kier alpha value is -3.31. The van der Waals surface area contributed by atoms with Crippen molar-refractivity contribution in [2.24, 2.45) is 5.41 Å². The molecule has 2 aromatic carbocycles. The molecule has 11 heteroatoms. The summed E-state index contributed by atoms with van der Waals surface area (Å²) >= 11 is 1.54. The molecular weight excluding hydrogens is 616 g/mol. The topological polar surface area (TPSA) is 79.4 Å². The van der Waals surface area contributed by atoms with Crippen molar-refractivity contribution in [3.63, 3.8) is 0 Å². The second-order valence-corrected chi connectivity index (χ2v) is 15.9. The molecule has 0 spiro atoms. The highest BCUT2D eigenvalue weighted by Gasteiger charge is 2.44. The second-order valence-electron chi connectivity index (χ2n) is 14.7. The smallest absolute Gasteiger partial charge is 0.322 e. The van der Waals surface area contributed by atoms with Gasteiger partial charge in [0.05, 0.1) is 5.25 Å². The minimum atomic E-state index is -0.495. The van der Waals surface area contributed by atoms with Crippen LogP contribution in [0.3, 0.4) is 0 Å². The standard InChI is InChI=1S/C36H49FN6O3S.H2/c1-36(2,3)14-18-43-33(45)31(47-34(43)28-10-9-26(37)23-30(28)40-21-19-39(4)20-22-40)24-32(44)41-15-12-27(13-16-41)42-17-11-25-7-5-6-8-29(25)38-35(42)46;/h5-10,23,27,31,34H,11-22,24H2,1-4H3,(H,38,46);1H. The van der Waals surface area contributed by atoms with Crippen LogP contribution < -0.4 is 10.2 Å². The lowest BCUT2D eigenvalue weighted by Gasteiger charge is -2.38. The molecule has 2 unspecified atom stereocenters. The fourth-order valence-corrected chi connectivity index (χ4v) is 8.65. The molecule has 0 aromatic heterocycles. The Morgan fingerprint density at radius 3 is 2.45 bits per heavy atom. The van der Waals surface area contributed by atoms with Gasteiger partial charge in [0.15, 0.2) is 0 Å². The Labute approximate surface area is 284 Å². The molecule has 1 N–H and O–H groups in total. The number of carbonyl (C=O) groups excluding carboxylic acids is 3. The monoisotopic (exact) mass is 666 g/mol. The number of halogens is 1. The number of fused-ring (bicyclic) bond motifs is 1. The molecule has 4 amide bonds. The molecule has 47 heavy (non-hydrogen) atoms. The number of likely N-dealkylation sites (tertiary alicyclic amines) is 1. The number of nitrogens with zero attached hydrogens (tertiary/aromatic N) is 5. The van der Waals surface area contributed by atoms with E-state index in [1.807, 2.05) is 39.0 Å².